The molecule has 0 spiro atoms. The molecule has 0 saturated heterocycles. The number of anilines is 1. The topological polar surface area (TPSA) is 102 Å². The van der Waals surface area contributed by atoms with Crippen molar-refractivity contribution in [2.75, 3.05) is 5.73 Å². The number of aryl methyl sites for hydroxylation is 2. The Hall–Kier alpha value is -3.33. The molecular weight excluding hydrogens is 380 g/mol. The zero-order valence-corrected chi connectivity index (χ0v) is 16.0. The van der Waals surface area contributed by atoms with E-state index >= 15 is 0 Å². The lowest BCUT2D eigenvalue weighted by molar-refractivity contribution is -0.106. The maximum Gasteiger partial charge on any atom is 0.298 e. The fraction of sp³-hybridized carbons (Fsp3) is 0.250. The van der Waals surface area contributed by atoms with Crippen LogP contribution in [0.2, 0.25) is 0 Å². The van der Waals surface area contributed by atoms with Gasteiger partial charge in [0.1, 0.15) is 11.8 Å². The summed E-state index contributed by atoms with van der Waals surface area (Å²) in [6, 6.07) is 4.26. The van der Waals surface area contributed by atoms with Crippen LogP contribution in [-0.2, 0) is 5.92 Å². The molecule has 0 bridgehead atoms. The second-order valence-corrected chi connectivity index (χ2v) is 6.92. The minimum Gasteiger partial charge on any atom is -0.439 e. The van der Waals surface area contributed by atoms with Gasteiger partial charge < -0.3 is 15.3 Å². The van der Waals surface area contributed by atoms with Crippen LogP contribution in [0.25, 0.3) is 28.4 Å². The van der Waals surface area contributed by atoms with Gasteiger partial charge in [-0.3, -0.25) is 4.40 Å². The molecule has 29 heavy (non-hydrogen) atoms. The van der Waals surface area contributed by atoms with Crippen molar-refractivity contribution in [1.82, 2.24) is 19.4 Å². The smallest absolute Gasteiger partial charge is 0.298 e. The molecular formula is C20H19F2N5O2. The summed E-state index contributed by atoms with van der Waals surface area (Å²) in [6.07, 6.45) is 2.94. The largest absolute Gasteiger partial charge is 0.439 e. The fourth-order valence-electron chi connectivity index (χ4n) is 3.16. The number of aliphatic hydroxyl groups is 1. The van der Waals surface area contributed by atoms with E-state index in [4.69, 9.17) is 10.2 Å². The summed E-state index contributed by atoms with van der Waals surface area (Å²) in [5, 5.41) is 9.49. The summed E-state index contributed by atoms with van der Waals surface area (Å²) in [5.74, 6) is -2.30. The number of nitrogen functional groups attached to an aromatic ring is 1. The number of rotatable bonds is 4. The maximum atomic E-state index is 14.4. The molecule has 1 aromatic carbocycles. The molecule has 3 heterocycles. The van der Waals surface area contributed by atoms with E-state index in [0.717, 1.165) is 12.5 Å². The van der Waals surface area contributed by atoms with Gasteiger partial charge in [0.2, 0.25) is 0 Å². The molecule has 0 aliphatic heterocycles. The first kappa shape index (κ1) is 19.0. The number of hydrogen-bond acceptors (Lipinski definition) is 6. The monoisotopic (exact) mass is 399 g/mol. The Balaban J connectivity index is 1.92. The zero-order valence-electron chi connectivity index (χ0n) is 16.0. The standard InChI is InChI=1S/C20H19F2N5O2/c1-10-4-5-13(20(21,22)11(2)28)6-14(10)16-7-25-19-18(23)26-15(9-27(16)19)17-8-24-12(3)29-17/h4-9,11,28H,1-3H3,(H2,23,26). The fourth-order valence-corrected chi connectivity index (χ4v) is 3.16. The van der Waals surface area contributed by atoms with Gasteiger partial charge in [-0.2, -0.15) is 8.78 Å². The Morgan fingerprint density at radius 3 is 2.62 bits per heavy atom. The molecule has 150 valence electrons. The van der Waals surface area contributed by atoms with Crippen molar-refractivity contribution in [2.24, 2.45) is 0 Å². The van der Waals surface area contributed by atoms with Crippen molar-refractivity contribution >= 4 is 11.5 Å². The first-order valence-electron chi connectivity index (χ1n) is 8.92. The average Bonchev–Trinajstić information content (AvgIpc) is 3.28. The summed E-state index contributed by atoms with van der Waals surface area (Å²) in [4.78, 5) is 12.7. The highest BCUT2D eigenvalue weighted by molar-refractivity contribution is 5.73. The highest BCUT2D eigenvalue weighted by Crippen LogP contribution is 2.36. The van der Waals surface area contributed by atoms with E-state index < -0.39 is 12.0 Å². The lowest BCUT2D eigenvalue weighted by atomic mass is 9.97. The molecule has 3 N–H and O–H groups in total. The predicted molar refractivity (Wildman–Crippen MR) is 103 cm³/mol. The number of imidazole rings is 1. The molecule has 0 aliphatic rings. The predicted octanol–water partition coefficient (Wildman–Crippen LogP) is 3.72. The number of nitrogens with zero attached hydrogens (tertiary/aromatic N) is 4. The lowest BCUT2D eigenvalue weighted by Gasteiger charge is -2.21. The van der Waals surface area contributed by atoms with Gasteiger partial charge in [0.05, 0.1) is 18.1 Å². The molecule has 0 fully saturated rings. The molecule has 4 aromatic rings. The molecule has 7 nitrogen and oxygen atoms in total. The lowest BCUT2D eigenvalue weighted by Crippen LogP contribution is -2.28. The van der Waals surface area contributed by atoms with Crippen LogP contribution in [0.1, 0.15) is 23.9 Å². The van der Waals surface area contributed by atoms with Crippen molar-refractivity contribution in [1.29, 1.82) is 0 Å². The van der Waals surface area contributed by atoms with E-state index in [2.05, 4.69) is 15.0 Å². The Morgan fingerprint density at radius 2 is 1.97 bits per heavy atom. The SMILES string of the molecule is Cc1ncc(-c2cn3c(-c4cc(C(F)(F)C(C)O)ccc4C)cnc3c(N)n2)o1. The molecule has 1 atom stereocenters. The van der Waals surface area contributed by atoms with Crippen LogP contribution in [0.15, 0.2) is 41.2 Å². The van der Waals surface area contributed by atoms with Gasteiger partial charge in [-0.15, -0.1) is 0 Å². The van der Waals surface area contributed by atoms with Crippen LogP contribution in [0.3, 0.4) is 0 Å². The van der Waals surface area contributed by atoms with E-state index in [1.807, 2.05) is 6.92 Å². The first-order valence-corrected chi connectivity index (χ1v) is 8.92. The summed E-state index contributed by atoms with van der Waals surface area (Å²) in [6.45, 7) is 4.58. The van der Waals surface area contributed by atoms with E-state index in [1.54, 1.807) is 29.8 Å². The van der Waals surface area contributed by atoms with E-state index in [-0.39, 0.29) is 11.4 Å². The van der Waals surface area contributed by atoms with Gasteiger partial charge in [0.25, 0.3) is 5.92 Å². The van der Waals surface area contributed by atoms with Crippen molar-refractivity contribution in [3.05, 3.63) is 53.8 Å². The molecule has 0 radical (unpaired) electrons. The third kappa shape index (κ3) is 3.13. The van der Waals surface area contributed by atoms with Gasteiger partial charge in [-0.1, -0.05) is 12.1 Å². The van der Waals surface area contributed by atoms with Crippen molar-refractivity contribution in [3.8, 4) is 22.7 Å². The van der Waals surface area contributed by atoms with Gasteiger partial charge in [0.15, 0.2) is 23.1 Å². The molecule has 4 rings (SSSR count). The van der Waals surface area contributed by atoms with Crippen molar-refractivity contribution in [2.45, 2.75) is 32.8 Å². The molecule has 9 heteroatoms. The van der Waals surface area contributed by atoms with Crippen molar-refractivity contribution < 1.29 is 18.3 Å². The Bertz CT molecular complexity index is 1210. The normalized spacial score (nSPS) is 13.2. The minimum absolute atomic E-state index is 0.172. The quantitative estimate of drug-likeness (QED) is 0.542. The highest BCUT2D eigenvalue weighted by atomic mass is 19.3. The summed E-state index contributed by atoms with van der Waals surface area (Å²) in [7, 11) is 0. The minimum atomic E-state index is -3.38. The highest BCUT2D eigenvalue weighted by Gasteiger charge is 2.37. The van der Waals surface area contributed by atoms with Gasteiger partial charge >= 0.3 is 0 Å². The summed E-state index contributed by atoms with van der Waals surface area (Å²) >= 11 is 0. The van der Waals surface area contributed by atoms with Crippen LogP contribution in [0.4, 0.5) is 14.6 Å². The third-order valence-electron chi connectivity index (χ3n) is 4.82. The number of benzene rings is 1. The number of alkyl halides is 2. The van der Waals surface area contributed by atoms with Crippen LogP contribution in [0, 0.1) is 13.8 Å². The number of halogens is 2. The Labute approximate surface area is 164 Å². The summed E-state index contributed by atoms with van der Waals surface area (Å²) < 4.78 is 36.0. The van der Waals surface area contributed by atoms with E-state index in [9.17, 15) is 13.9 Å². The maximum absolute atomic E-state index is 14.4. The van der Waals surface area contributed by atoms with Gasteiger partial charge in [0, 0.05) is 24.2 Å². The van der Waals surface area contributed by atoms with Gasteiger partial charge in [-0.05, 0) is 25.5 Å². The zero-order chi connectivity index (χ0) is 20.9. The second-order valence-electron chi connectivity index (χ2n) is 6.92. The number of nitrogens with two attached hydrogens (primary N) is 1. The number of aromatic nitrogens is 4. The Morgan fingerprint density at radius 1 is 1.21 bits per heavy atom. The van der Waals surface area contributed by atoms with Crippen molar-refractivity contribution in [3.63, 3.8) is 0 Å². The molecule has 1 unspecified atom stereocenters. The molecule has 0 aliphatic carbocycles. The first-order chi connectivity index (χ1) is 13.7. The Kier molecular flexibility index (Phi) is 4.34. The van der Waals surface area contributed by atoms with Crippen LogP contribution >= 0.6 is 0 Å². The molecule has 0 saturated carbocycles. The molecule has 0 amide bonds. The number of oxazole rings is 1. The number of aliphatic hydroxyl groups excluding tert-OH is 1. The summed E-state index contributed by atoms with van der Waals surface area (Å²) in [5.41, 5.74) is 8.49. The van der Waals surface area contributed by atoms with E-state index in [0.29, 0.717) is 34.2 Å². The molecule has 3 aromatic heterocycles. The number of hydrogen-bond donors (Lipinski definition) is 2. The second kappa shape index (κ2) is 6.63. The average molecular weight is 399 g/mol. The van der Waals surface area contributed by atoms with E-state index in [1.165, 1.54) is 18.3 Å². The van der Waals surface area contributed by atoms with Crippen LogP contribution < -0.4 is 5.73 Å². The van der Waals surface area contributed by atoms with Crippen LogP contribution in [0.5, 0.6) is 0 Å². The third-order valence-corrected chi connectivity index (χ3v) is 4.82. The number of fused-ring (bicyclic) bond motifs is 1. The van der Waals surface area contributed by atoms with Crippen LogP contribution in [-0.4, -0.2) is 30.6 Å². The van der Waals surface area contributed by atoms with Gasteiger partial charge in [-0.25, -0.2) is 15.0 Å².